The monoisotopic (exact) mass is 269 g/mol. The molecule has 0 aliphatic carbocycles. The number of benzene rings is 2. The van der Waals surface area contributed by atoms with Gasteiger partial charge in [0.1, 0.15) is 5.82 Å². The summed E-state index contributed by atoms with van der Waals surface area (Å²) in [6, 6.07) is 10.4. The third kappa shape index (κ3) is 1.84. The third-order valence-corrected chi connectivity index (χ3v) is 3.37. The second-order valence-corrected chi connectivity index (χ2v) is 4.61. The molecule has 0 spiro atoms. The van der Waals surface area contributed by atoms with Crippen LogP contribution in [0.3, 0.4) is 0 Å². The number of primary amides is 1. The molecule has 1 amide bonds. The molecule has 0 atom stereocenters. The number of carbonyl (C=O) groups excluding carboxylic acids is 1. The summed E-state index contributed by atoms with van der Waals surface area (Å²) in [6.45, 7) is 1.72. The van der Waals surface area contributed by atoms with Gasteiger partial charge in [-0.1, -0.05) is 18.2 Å². The lowest BCUT2D eigenvalue weighted by atomic mass is 9.98. The van der Waals surface area contributed by atoms with Crippen LogP contribution < -0.4 is 5.73 Å². The van der Waals surface area contributed by atoms with E-state index in [0.29, 0.717) is 10.9 Å². The molecule has 0 aliphatic heterocycles. The van der Waals surface area contributed by atoms with Crippen molar-refractivity contribution in [3.05, 3.63) is 53.5 Å². The maximum absolute atomic E-state index is 13.6. The van der Waals surface area contributed by atoms with Crippen LogP contribution in [-0.4, -0.2) is 16.1 Å². The molecule has 0 bridgehead atoms. The first-order chi connectivity index (χ1) is 9.58. The molecule has 3 N–H and O–H groups in total. The van der Waals surface area contributed by atoms with Crippen molar-refractivity contribution in [1.82, 2.24) is 10.2 Å². The topological polar surface area (TPSA) is 71.8 Å². The predicted molar refractivity (Wildman–Crippen MR) is 74.7 cm³/mol. The lowest BCUT2D eigenvalue weighted by Gasteiger charge is -2.07. The maximum Gasteiger partial charge on any atom is 0.269 e. The Morgan fingerprint density at radius 1 is 1.30 bits per heavy atom. The van der Waals surface area contributed by atoms with E-state index in [1.165, 1.54) is 6.07 Å². The minimum Gasteiger partial charge on any atom is -0.364 e. The molecular formula is C15H12FN3O. The van der Waals surface area contributed by atoms with Crippen LogP contribution in [0.2, 0.25) is 0 Å². The Hall–Kier alpha value is -2.69. The Labute approximate surface area is 114 Å². The van der Waals surface area contributed by atoms with Crippen molar-refractivity contribution in [2.45, 2.75) is 6.92 Å². The Balaban J connectivity index is 2.24. The van der Waals surface area contributed by atoms with Crippen molar-refractivity contribution in [3.63, 3.8) is 0 Å². The number of nitrogens with one attached hydrogen (secondary N) is 1. The quantitative estimate of drug-likeness (QED) is 0.750. The Morgan fingerprint density at radius 3 is 2.85 bits per heavy atom. The number of aromatic nitrogens is 2. The molecule has 5 heteroatoms. The van der Waals surface area contributed by atoms with Crippen LogP contribution in [0.1, 0.15) is 16.1 Å². The molecule has 0 aliphatic rings. The normalized spacial score (nSPS) is 10.9. The van der Waals surface area contributed by atoms with E-state index in [0.717, 1.165) is 16.6 Å². The minimum atomic E-state index is -0.593. The Bertz CT molecular complexity index is 823. The maximum atomic E-state index is 13.6. The van der Waals surface area contributed by atoms with Gasteiger partial charge in [0.05, 0.1) is 5.52 Å². The van der Waals surface area contributed by atoms with Crippen molar-refractivity contribution in [2.75, 3.05) is 0 Å². The number of hydrogen-bond donors (Lipinski definition) is 2. The molecule has 1 heterocycles. The van der Waals surface area contributed by atoms with Crippen molar-refractivity contribution in [1.29, 1.82) is 0 Å². The predicted octanol–water partition coefficient (Wildman–Crippen LogP) is 2.78. The fourth-order valence-corrected chi connectivity index (χ4v) is 2.29. The molecule has 2 aromatic carbocycles. The van der Waals surface area contributed by atoms with E-state index in [1.807, 2.05) is 12.1 Å². The number of nitrogens with two attached hydrogens (primary N) is 1. The minimum absolute atomic E-state index is 0.191. The van der Waals surface area contributed by atoms with Gasteiger partial charge in [-0.3, -0.25) is 9.89 Å². The summed E-state index contributed by atoms with van der Waals surface area (Å²) in [7, 11) is 0. The van der Waals surface area contributed by atoms with Gasteiger partial charge in [0.2, 0.25) is 0 Å². The summed E-state index contributed by atoms with van der Waals surface area (Å²) in [4.78, 5) is 11.3. The van der Waals surface area contributed by atoms with E-state index in [1.54, 1.807) is 25.1 Å². The number of hydrogen-bond acceptors (Lipinski definition) is 2. The highest BCUT2D eigenvalue weighted by Crippen LogP contribution is 2.28. The fraction of sp³-hybridized carbons (Fsp3) is 0.0667. The van der Waals surface area contributed by atoms with Crippen LogP contribution in [0.5, 0.6) is 0 Å². The van der Waals surface area contributed by atoms with E-state index in [2.05, 4.69) is 10.2 Å². The lowest BCUT2D eigenvalue weighted by Crippen LogP contribution is -2.11. The van der Waals surface area contributed by atoms with Gasteiger partial charge in [-0.15, -0.1) is 0 Å². The van der Waals surface area contributed by atoms with Gasteiger partial charge in [-0.2, -0.15) is 5.10 Å². The molecule has 3 rings (SSSR count). The molecule has 20 heavy (non-hydrogen) atoms. The summed E-state index contributed by atoms with van der Waals surface area (Å²) in [5, 5.41) is 7.28. The number of nitrogens with zero attached hydrogens (tertiary/aromatic N) is 1. The van der Waals surface area contributed by atoms with Gasteiger partial charge in [0.15, 0.2) is 5.69 Å². The molecule has 100 valence electrons. The van der Waals surface area contributed by atoms with Crippen molar-refractivity contribution in [3.8, 4) is 11.1 Å². The van der Waals surface area contributed by atoms with Crippen LogP contribution in [0.15, 0.2) is 36.4 Å². The number of aromatic amines is 1. The molecule has 0 fully saturated rings. The number of H-pyrrole nitrogens is 1. The Morgan fingerprint density at radius 2 is 2.10 bits per heavy atom. The van der Waals surface area contributed by atoms with E-state index in [4.69, 9.17) is 5.73 Å². The van der Waals surface area contributed by atoms with Crippen LogP contribution in [0.4, 0.5) is 4.39 Å². The summed E-state index contributed by atoms with van der Waals surface area (Å²) in [5.74, 6) is -0.853. The van der Waals surface area contributed by atoms with E-state index >= 15 is 0 Å². The Kier molecular flexibility index (Phi) is 2.75. The summed E-state index contributed by atoms with van der Waals surface area (Å²) in [6.07, 6.45) is 0. The highest BCUT2D eigenvalue weighted by Gasteiger charge is 2.13. The van der Waals surface area contributed by atoms with Crippen molar-refractivity contribution in [2.24, 2.45) is 5.73 Å². The SMILES string of the molecule is Cc1c(F)cccc1-c1ccc2[nH]nc(C(N)=O)c2c1. The van der Waals surface area contributed by atoms with Crippen LogP contribution in [-0.2, 0) is 0 Å². The fourth-order valence-electron chi connectivity index (χ4n) is 2.29. The number of amides is 1. The second kappa shape index (κ2) is 4.45. The average Bonchev–Trinajstić information content (AvgIpc) is 2.85. The number of fused-ring (bicyclic) bond motifs is 1. The molecule has 0 radical (unpaired) electrons. The van der Waals surface area contributed by atoms with Crippen LogP contribution in [0.25, 0.3) is 22.0 Å². The van der Waals surface area contributed by atoms with Gasteiger partial charge in [0, 0.05) is 5.39 Å². The molecular weight excluding hydrogens is 257 g/mol. The van der Waals surface area contributed by atoms with Gasteiger partial charge < -0.3 is 5.73 Å². The zero-order valence-corrected chi connectivity index (χ0v) is 10.8. The summed E-state index contributed by atoms with van der Waals surface area (Å²) in [5.41, 5.74) is 8.36. The first kappa shape index (κ1) is 12.3. The van der Waals surface area contributed by atoms with Gasteiger partial charge in [0.25, 0.3) is 5.91 Å². The summed E-state index contributed by atoms with van der Waals surface area (Å²) < 4.78 is 13.6. The smallest absolute Gasteiger partial charge is 0.269 e. The first-order valence-electron chi connectivity index (χ1n) is 6.11. The van der Waals surface area contributed by atoms with Crippen molar-refractivity contribution < 1.29 is 9.18 Å². The second-order valence-electron chi connectivity index (χ2n) is 4.61. The molecule has 0 saturated carbocycles. The van der Waals surface area contributed by atoms with Crippen molar-refractivity contribution >= 4 is 16.8 Å². The third-order valence-electron chi connectivity index (χ3n) is 3.37. The van der Waals surface area contributed by atoms with Gasteiger partial charge >= 0.3 is 0 Å². The lowest BCUT2D eigenvalue weighted by molar-refractivity contribution is 0.0997. The standard InChI is InChI=1S/C15H12FN3O/c1-8-10(3-2-4-12(8)16)9-5-6-13-11(7-9)14(15(17)20)19-18-13/h2-7H,1H3,(H2,17,20)(H,18,19). The average molecular weight is 269 g/mol. The molecule has 0 saturated heterocycles. The number of rotatable bonds is 2. The van der Waals surface area contributed by atoms with E-state index in [-0.39, 0.29) is 11.5 Å². The van der Waals surface area contributed by atoms with Gasteiger partial charge in [-0.25, -0.2) is 4.39 Å². The number of halogens is 1. The molecule has 0 unspecified atom stereocenters. The summed E-state index contributed by atoms with van der Waals surface area (Å²) >= 11 is 0. The highest BCUT2D eigenvalue weighted by molar-refractivity contribution is 6.04. The zero-order valence-electron chi connectivity index (χ0n) is 10.8. The number of carbonyl (C=O) groups is 1. The molecule has 3 aromatic rings. The highest BCUT2D eigenvalue weighted by atomic mass is 19.1. The van der Waals surface area contributed by atoms with Crippen LogP contribution >= 0.6 is 0 Å². The molecule has 4 nitrogen and oxygen atoms in total. The van der Waals surface area contributed by atoms with Crippen LogP contribution in [0, 0.1) is 12.7 Å². The van der Waals surface area contributed by atoms with Gasteiger partial charge in [-0.05, 0) is 41.8 Å². The first-order valence-corrected chi connectivity index (χ1v) is 6.11. The largest absolute Gasteiger partial charge is 0.364 e. The van der Waals surface area contributed by atoms with E-state index < -0.39 is 5.91 Å². The molecule has 1 aromatic heterocycles. The zero-order chi connectivity index (χ0) is 14.3. The van der Waals surface area contributed by atoms with E-state index in [9.17, 15) is 9.18 Å².